The summed E-state index contributed by atoms with van der Waals surface area (Å²) in [6.07, 6.45) is 3.24. The lowest BCUT2D eigenvalue weighted by Crippen LogP contribution is -2.34. The molecule has 21 heavy (non-hydrogen) atoms. The Balaban J connectivity index is 2.02. The number of aryl methyl sites for hydroxylation is 1. The molecule has 1 N–H and O–H groups in total. The van der Waals surface area contributed by atoms with Crippen molar-refractivity contribution in [2.45, 2.75) is 39.3 Å². The minimum Gasteiger partial charge on any atom is -0.444 e. The van der Waals surface area contributed by atoms with Crippen LogP contribution in [0.15, 0.2) is 17.8 Å². The number of amides is 1. The van der Waals surface area contributed by atoms with Crippen LogP contribution in [0.25, 0.3) is 11.3 Å². The van der Waals surface area contributed by atoms with Gasteiger partial charge in [-0.15, -0.1) is 11.3 Å². The van der Waals surface area contributed by atoms with Gasteiger partial charge in [-0.1, -0.05) is 0 Å². The van der Waals surface area contributed by atoms with Crippen LogP contribution in [-0.2, 0) is 11.8 Å². The van der Waals surface area contributed by atoms with E-state index in [1.165, 1.54) is 11.3 Å². The number of hydrogen-bond donors (Lipinski definition) is 1. The third kappa shape index (κ3) is 4.29. The van der Waals surface area contributed by atoms with Crippen molar-refractivity contribution in [1.82, 2.24) is 20.1 Å². The second-order valence-corrected chi connectivity index (χ2v) is 6.73. The molecule has 2 rings (SSSR count). The highest BCUT2D eigenvalue weighted by molar-refractivity contribution is 7.10. The third-order valence-electron chi connectivity index (χ3n) is 2.63. The molecule has 0 unspecified atom stereocenters. The highest BCUT2D eigenvalue weighted by Gasteiger charge is 2.20. The fourth-order valence-electron chi connectivity index (χ4n) is 1.72. The number of nitrogens with zero attached hydrogens (tertiary/aromatic N) is 3. The van der Waals surface area contributed by atoms with Crippen LogP contribution >= 0.6 is 11.3 Å². The average molecular weight is 308 g/mol. The molecule has 2 heterocycles. The molecular weight excluding hydrogens is 288 g/mol. The molecule has 0 aromatic carbocycles. The van der Waals surface area contributed by atoms with Gasteiger partial charge in [0.2, 0.25) is 0 Å². The first-order chi connectivity index (χ1) is 9.74. The summed E-state index contributed by atoms with van der Waals surface area (Å²) in [5.74, 6) is 0. The number of ether oxygens (including phenoxy) is 1. The van der Waals surface area contributed by atoms with Crippen molar-refractivity contribution in [2.24, 2.45) is 7.05 Å². The Hall–Kier alpha value is -1.89. The lowest BCUT2D eigenvalue weighted by Gasteiger charge is -2.21. The number of hydrogen-bond acceptors (Lipinski definition) is 5. The van der Waals surface area contributed by atoms with E-state index in [9.17, 15) is 4.79 Å². The fraction of sp³-hybridized carbons (Fsp3) is 0.500. The Morgan fingerprint density at radius 2 is 2.19 bits per heavy atom. The Morgan fingerprint density at radius 3 is 2.76 bits per heavy atom. The first kappa shape index (κ1) is 15.5. The van der Waals surface area contributed by atoms with Crippen LogP contribution in [0.4, 0.5) is 4.79 Å². The summed E-state index contributed by atoms with van der Waals surface area (Å²) in [4.78, 5) is 16.3. The van der Waals surface area contributed by atoms with Crippen molar-refractivity contribution in [3.05, 3.63) is 22.8 Å². The summed E-state index contributed by atoms with van der Waals surface area (Å²) in [6.45, 7) is 7.39. The van der Waals surface area contributed by atoms with Gasteiger partial charge in [0, 0.05) is 24.2 Å². The molecule has 0 aliphatic heterocycles. The summed E-state index contributed by atoms with van der Waals surface area (Å²) < 4.78 is 6.97. The second-order valence-electron chi connectivity index (χ2n) is 5.84. The van der Waals surface area contributed by atoms with Crippen LogP contribution in [0.2, 0.25) is 0 Å². The maximum atomic E-state index is 11.8. The van der Waals surface area contributed by atoms with Crippen LogP contribution in [0, 0.1) is 0 Å². The monoisotopic (exact) mass is 308 g/mol. The fourth-order valence-corrected chi connectivity index (χ4v) is 2.55. The molecule has 0 saturated heterocycles. The lowest BCUT2D eigenvalue weighted by molar-refractivity contribution is 0.0508. The molecular formula is C14H20N4O2S. The zero-order valence-corrected chi connectivity index (χ0v) is 13.7. The molecule has 1 amide bonds. The van der Waals surface area contributed by atoms with E-state index in [0.717, 1.165) is 16.3 Å². The molecule has 0 radical (unpaired) electrons. The summed E-state index contributed by atoms with van der Waals surface area (Å²) >= 11 is 1.50. The first-order valence-corrected chi connectivity index (χ1v) is 7.56. The van der Waals surface area contributed by atoms with Gasteiger partial charge < -0.3 is 10.1 Å². The second kappa shape index (κ2) is 5.85. The maximum absolute atomic E-state index is 11.8. The normalized spacial score (nSPS) is 13.0. The molecule has 0 aliphatic rings. The van der Waals surface area contributed by atoms with Crippen LogP contribution in [0.5, 0.6) is 0 Å². The van der Waals surface area contributed by atoms with Crippen LogP contribution in [0.3, 0.4) is 0 Å². The van der Waals surface area contributed by atoms with E-state index in [1.807, 2.05) is 46.3 Å². The molecule has 7 heteroatoms. The highest BCUT2D eigenvalue weighted by atomic mass is 32.1. The number of carbonyl (C=O) groups is 1. The zero-order chi connectivity index (χ0) is 15.6. The Kier molecular flexibility index (Phi) is 4.32. The first-order valence-electron chi connectivity index (χ1n) is 6.68. The van der Waals surface area contributed by atoms with Crippen LogP contribution < -0.4 is 5.32 Å². The third-order valence-corrected chi connectivity index (χ3v) is 3.65. The predicted octanol–water partition coefficient (Wildman–Crippen LogP) is 3.13. The Labute approximate surface area is 128 Å². The van der Waals surface area contributed by atoms with Gasteiger partial charge in [-0.2, -0.15) is 5.10 Å². The number of rotatable bonds is 3. The lowest BCUT2D eigenvalue weighted by atomic mass is 10.2. The van der Waals surface area contributed by atoms with Gasteiger partial charge >= 0.3 is 6.09 Å². The Bertz CT molecular complexity index is 627. The minimum atomic E-state index is -0.506. The molecule has 1 atom stereocenters. The molecule has 6 nitrogen and oxygen atoms in total. The molecule has 0 bridgehead atoms. The van der Waals surface area contributed by atoms with E-state index in [4.69, 9.17) is 4.74 Å². The SMILES string of the molecule is C[C@@H](NC(=O)OC(C)(C)C)c1nc(-c2cnn(C)c2)cs1. The average Bonchev–Trinajstić information content (AvgIpc) is 2.93. The van der Waals surface area contributed by atoms with Crippen molar-refractivity contribution in [3.8, 4) is 11.3 Å². The Morgan fingerprint density at radius 1 is 1.48 bits per heavy atom. The number of carbonyl (C=O) groups excluding carboxylic acids is 1. The molecule has 0 spiro atoms. The van der Waals surface area contributed by atoms with Gasteiger partial charge in [-0.05, 0) is 27.7 Å². The summed E-state index contributed by atoms with van der Waals surface area (Å²) in [5, 5.41) is 9.71. The summed E-state index contributed by atoms with van der Waals surface area (Å²) in [5.41, 5.74) is 1.32. The van der Waals surface area contributed by atoms with Gasteiger partial charge in [-0.3, -0.25) is 4.68 Å². The quantitative estimate of drug-likeness (QED) is 0.946. The molecule has 0 aliphatic carbocycles. The van der Waals surface area contributed by atoms with E-state index in [2.05, 4.69) is 15.4 Å². The molecule has 0 fully saturated rings. The van der Waals surface area contributed by atoms with Gasteiger partial charge in [0.15, 0.2) is 0 Å². The maximum Gasteiger partial charge on any atom is 0.408 e. The molecule has 2 aromatic heterocycles. The van der Waals surface area contributed by atoms with E-state index in [0.29, 0.717) is 0 Å². The predicted molar refractivity (Wildman–Crippen MR) is 82.1 cm³/mol. The van der Waals surface area contributed by atoms with E-state index >= 15 is 0 Å². The number of thiazole rings is 1. The summed E-state index contributed by atoms with van der Waals surface area (Å²) in [6, 6.07) is -0.199. The van der Waals surface area contributed by atoms with E-state index < -0.39 is 11.7 Å². The highest BCUT2D eigenvalue weighted by Crippen LogP contribution is 2.25. The van der Waals surface area contributed by atoms with Crippen molar-refractivity contribution < 1.29 is 9.53 Å². The van der Waals surface area contributed by atoms with Crippen molar-refractivity contribution in [3.63, 3.8) is 0 Å². The number of aromatic nitrogens is 3. The van der Waals surface area contributed by atoms with Crippen LogP contribution in [0.1, 0.15) is 38.7 Å². The molecule has 114 valence electrons. The molecule has 2 aromatic rings. The number of alkyl carbamates (subject to hydrolysis) is 1. The van der Waals surface area contributed by atoms with E-state index in [-0.39, 0.29) is 6.04 Å². The number of nitrogens with one attached hydrogen (secondary N) is 1. The van der Waals surface area contributed by atoms with Gasteiger partial charge in [0.05, 0.1) is 17.9 Å². The minimum absolute atomic E-state index is 0.199. The summed E-state index contributed by atoms with van der Waals surface area (Å²) in [7, 11) is 1.86. The van der Waals surface area contributed by atoms with Crippen molar-refractivity contribution in [1.29, 1.82) is 0 Å². The van der Waals surface area contributed by atoms with Crippen molar-refractivity contribution >= 4 is 17.4 Å². The smallest absolute Gasteiger partial charge is 0.408 e. The standard InChI is InChI=1S/C14H20N4O2S/c1-9(16-13(19)20-14(2,3)4)12-17-11(8-21-12)10-6-15-18(5)7-10/h6-9H,1-5H3,(H,16,19)/t9-/m1/s1. The largest absolute Gasteiger partial charge is 0.444 e. The van der Waals surface area contributed by atoms with Crippen molar-refractivity contribution in [2.75, 3.05) is 0 Å². The molecule has 0 saturated carbocycles. The zero-order valence-electron chi connectivity index (χ0n) is 12.9. The van der Waals surface area contributed by atoms with Crippen LogP contribution in [-0.4, -0.2) is 26.5 Å². The van der Waals surface area contributed by atoms with E-state index in [1.54, 1.807) is 10.9 Å². The van der Waals surface area contributed by atoms with Gasteiger partial charge in [0.25, 0.3) is 0 Å². The van der Waals surface area contributed by atoms with Gasteiger partial charge in [-0.25, -0.2) is 9.78 Å². The van der Waals surface area contributed by atoms with Gasteiger partial charge in [0.1, 0.15) is 10.6 Å². The topological polar surface area (TPSA) is 69.0 Å².